The van der Waals surface area contributed by atoms with Gasteiger partial charge in [0.05, 0.1) is 19.3 Å². The van der Waals surface area contributed by atoms with Gasteiger partial charge in [-0.05, 0) is 18.6 Å². The van der Waals surface area contributed by atoms with Crippen molar-refractivity contribution in [1.82, 2.24) is 0 Å². The molecule has 0 amide bonds. The Labute approximate surface area is 183 Å². The van der Waals surface area contributed by atoms with Crippen LogP contribution in [0.5, 0.6) is 0 Å². The summed E-state index contributed by atoms with van der Waals surface area (Å²) in [4.78, 5) is 20.9. The number of hydrogen-bond donors (Lipinski definition) is 1. The fraction of sp³-hybridized carbons (Fsp3) is 0.680. The molecule has 5 heteroatoms. The Morgan fingerprint density at radius 3 is 1.57 bits per heavy atom. The minimum absolute atomic E-state index is 0.291. The first-order valence-corrected chi connectivity index (χ1v) is 11.6. The van der Waals surface area contributed by atoms with Crippen molar-refractivity contribution in [3.8, 4) is 0 Å². The quantitative estimate of drug-likeness (QED) is 0.219. The van der Waals surface area contributed by atoms with Crippen LogP contribution < -0.4 is 0 Å². The monoisotopic (exact) mass is 422 g/mol. The molecule has 1 aromatic rings. The van der Waals surface area contributed by atoms with Crippen LogP contribution in [0.1, 0.15) is 107 Å². The van der Waals surface area contributed by atoms with E-state index in [2.05, 4.69) is 16.4 Å². The van der Waals surface area contributed by atoms with Gasteiger partial charge in [0.15, 0.2) is 0 Å². The highest BCUT2D eigenvalue weighted by molar-refractivity contribution is 5.89. The Hall–Kier alpha value is -2.04. The molecule has 0 heterocycles. The third-order valence-electron chi connectivity index (χ3n) is 4.92. The van der Waals surface area contributed by atoms with Crippen LogP contribution in [0.3, 0.4) is 0 Å². The zero-order valence-corrected chi connectivity index (χ0v) is 19.1. The minimum atomic E-state index is -1.15. The normalized spacial score (nSPS) is 10.1. The van der Waals surface area contributed by atoms with Crippen molar-refractivity contribution in [3.63, 3.8) is 0 Å². The molecule has 1 rings (SSSR count). The molecular weight excluding hydrogens is 380 g/mol. The number of carbonyl (C=O) groups is 2. The first-order chi connectivity index (χ1) is 14.6. The number of hydrogen-bond acceptors (Lipinski definition) is 4. The number of esters is 1. The maximum atomic E-state index is 10.8. The molecule has 0 saturated heterocycles. The third-order valence-corrected chi connectivity index (χ3v) is 4.92. The van der Waals surface area contributed by atoms with E-state index < -0.39 is 6.16 Å². The van der Waals surface area contributed by atoms with Crippen LogP contribution in [0.25, 0.3) is 0 Å². The van der Waals surface area contributed by atoms with Gasteiger partial charge in [-0.25, -0.2) is 9.59 Å². The molecule has 0 unspecified atom stereocenters. The van der Waals surface area contributed by atoms with Gasteiger partial charge in [-0.15, -0.1) is 0 Å². The second-order valence-corrected chi connectivity index (χ2v) is 7.57. The third kappa shape index (κ3) is 19.3. The summed E-state index contributed by atoms with van der Waals surface area (Å²) in [6.45, 7) is 2.62. The summed E-state index contributed by atoms with van der Waals surface area (Å²) >= 11 is 0. The van der Waals surface area contributed by atoms with Crippen molar-refractivity contribution in [2.45, 2.75) is 96.8 Å². The second kappa shape index (κ2) is 21.7. The van der Waals surface area contributed by atoms with Gasteiger partial charge in [0.1, 0.15) is 0 Å². The van der Waals surface area contributed by atoms with Crippen molar-refractivity contribution < 1.29 is 24.2 Å². The topological polar surface area (TPSA) is 72.8 Å². The summed E-state index contributed by atoms with van der Waals surface area (Å²) < 4.78 is 8.96. The lowest BCUT2D eigenvalue weighted by Gasteiger charge is -2.03. The molecule has 0 saturated carbocycles. The van der Waals surface area contributed by atoms with Crippen LogP contribution >= 0.6 is 0 Å². The molecule has 0 spiro atoms. The molecule has 0 aromatic heterocycles. The average Bonchev–Trinajstić information content (AvgIpc) is 2.76. The van der Waals surface area contributed by atoms with Gasteiger partial charge in [0.2, 0.25) is 0 Å². The van der Waals surface area contributed by atoms with E-state index in [9.17, 15) is 9.59 Å². The Bertz CT molecular complexity index is 516. The molecule has 0 aliphatic rings. The SMILES string of the molecule is CCCCCCCCCCCCCCCCOC(=O)O.COC(=O)c1ccccc1. The Morgan fingerprint density at radius 1 is 0.733 bits per heavy atom. The van der Waals surface area contributed by atoms with Gasteiger partial charge in [-0.1, -0.05) is 109 Å². The molecular formula is C25H42O5. The zero-order valence-electron chi connectivity index (χ0n) is 19.1. The maximum Gasteiger partial charge on any atom is 0.505 e. The Morgan fingerprint density at radius 2 is 1.17 bits per heavy atom. The van der Waals surface area contributed by atoms with Crippen molar-refractivity contribution in [2.75, 3.05) is 13.7 Å². The first-order valence-electron chi connectivity index (χ1n) is 11.6. The van der Waals surface area contributed by atoms with E-state index in [4.69, 9.17) is 5.11 Å². The predicted octanol–water partition coefficient (Wildman–Crippen LogP) is 7.64. The summed E-state index contributed by atoms with van der Waals surface area (Å²) in [5, 5.41) is 8.30. The number of methoxy groups -OCH3 is 1. The molecule has 0 aliphatic carbocycles. The molecule has 0 fully saturated rings. The average molecular weight is 423 g/mol. The van der Waals surface area contributed by atoms with Crippen molar-refractivity contribution >= 4 is 12.1 Å². The summed E-state index contributed by atoms with van der Waals surface area (Å²) in [6.07, 6.45) is 17.2. The lowest BCUT2D eigenvalue weighted by Crippen LogP contribution is -2.01. The predicted molar refractivity (Wildman–Crippen MR) is 122 cm³/mol. The number of benzene rings is 1. The summed E-state index contributed by atoms with van der Waals surface area (Å²) in [6, 6.07) is 8.88. The van der Waals surface area contributed by atoms with Crippen LogP contribution in [0, 0.1) is 0 Å². The van der Waals surface area contributed by atoms with Crippen molar-refractivity contribution in [2.24, 2.45) is 0 Å². The van der Waals surface area contributed by atoms with Gasteiger partial charge in [0, 0.05) is 0 Å². The Kier molecular flexibility index (Phi) is 20.2. The molecule has 1 N–H and O–H groups in total. The number of carbonyl (C=O) groups excluding carboxylic acids is 1. The second-order valence-electron chi connectivity index (χ2n) is 7.57. The molecule has 172 valence electrons. The summed E-state index contributed by atoms with van der Waals surface area (Å²) in [5.41, 5.74) is 0.588. The molecule has 5 nitrogen and oxygen atoms in total. The zero-order chi connectivity index (χ0) is 22.3. The summed E-state index contributed by atoms with van der Waals surface area (Å²) in [7, 11) is 1.37. The molecule has 30 heavy (non-hydrogen) atoms. The first kappa shape index (κ1) is 28.0. The highest BCUT2D eigenvalue weighted by Gasteiger charge is 2.00. The fourth-order valence-corrected chi connectivity index (χ4v) is 3.15. The number of carboxylic acid groups (broad SMARTS) is 1. The molecule has 0 bridgehead atoms. The van der Waals surface area contributed by atoms with Crippen molar-refractivity contribution in [3.05, 3.63) is 35.9 Å². The van der Waals surface area contributed by atoms with E-state index in [1.54, 1.807) is 24.3 Å². The van der Waals surface area contributed by atoms with Gasteiger partial charge in [0.25, 0.3) is 0 Å². The van der Waals surface area contributed by atoms with Crippen LogP contribution in [0.4, 0.5) is 4.79 Å². The van der Waals surface area contributed by atoms with Crippen LogP contribution in [0.2, 0.25) is 0 Å². The number of ether oxygens (including phenoxy) is 2. The Balaban J connectivity index is 0.000000696. The molecule has 0 atom stereocenters. The van der Waals surface area contributed by atoms with E-state index >= 15 is 0 Å². The van der Waals surface area contributed by atoms with E-state index in [1.165, 1.54) is 84.2 Å². The molecule has 0 aliphatic heterocycles. The van der Waals surface area contributed by atoms with E-state index in [0.717, 1.165) is 12.8 Å². The lowest BCUT2D eigenvalue weighted by atomic mass is 10.0. The van der Waals surface area contributed by atoms with E-state index in [0.29, 0.717) is 12.2 Å². The highest BCUT2D eigenvalue weighted by atomic mass is 16.7. The smallest absolute Gasteiger partial charge is 0.465 e. The maximum absolute atomic E-state index is 10.8. The van der Waals surface area contributed by atoms with E-state index in [1.807, 2.05) is 6.07 Å². The number of rotatable bonds is 16. The summed E-state index contributed by atoms with van der Waals surface area (Å²) in [5.74, 6) is -0.291. The van der Waals surface area contributed by atoms with Gasteiger partial charge >= 0.3 is 12.1 Å². The largest absolute Gasteiger partial charge is 0.505 e. The van der Waals surface area contributed by atoms with Crippen molar-refractivity contribution in [1.29, 1.82) is 0 Å². The van der Waals surface area contributed by atoms with Gasteiger partial charge < -0.3 is 14.6 Å². The van der Waals surface area contributed by atoms with Crippen LogP contribution in [-0.2, 0) is 9.47 Å². The molecule has 0 radical (unpaired) electrons. The van der Waals surface area contributed by atoms with Gasteiger partial charge in [-0.3, -0.25) is 0 Å². The lowest BCUT2D eigenvalue weighted by molar-refractivity contribution is 0.0600. The van der Waals surface area contributed by atoms with Crippen LogP contribution in [-0.4, -0.2) is 30.9 Å². The number of unbranched alkanes of at least 4 members (excludes halogenated alkanes) is 13. The molecule has 1 aromatic carbocycles. The van der Waals surface area contributed by atoms with E-state index in [-0.39, 0.29) is 5.97 Å². The minimum Gasteiger partial charge on any atom is -0.465 e. The fourth-order valence-electron chi connectivity index (χ4n) is 3.15. The van der Waals surface area contributed by atoms with Crippen LogP contribution in [0.15, 0.2) is 30.3 Å². The standard InChI is InChI=1S/C17H34O3.C8H8O2/c1-2-3-4-5-6-7-8-9-10-11-12-13-14-15-16-20-17(18)19;1-10-8(9)7-5-3-2-4-6-7/h2-16H2,1H3,(H,18,19);2-6H,1H3. The highest BCUT2D eigenvalue weighted by Crippen LogP contribution is 2.12. The van der Waals surface area contributed by atoms with Gasteiger partial charge in [-0.2, -0.15) is 0 Å².